The van der Waals surface area contributed by atoms with Crippen LogP contribution in [0.25, 0.3) is 0 Å². The summed E-state index contributed by atoms with van der Waals surface area (Å²) in [6, 6.07) is 12.9. The summed E-state index contributed by atoms with van der Waals surface area (Å²) in [5, 5.41) is 9.67. The Labute approximate surface area is 163 Å². The van der Waals surface area contributed by atoms with Crippen molar-refractivity contribution in [3.63, 3.8) is 0 Å². The van der Waals surface area contributed by atoms with Crippen molar-refractivity contribution in [2.24, 2.45) is 7.05 Å². The molecule has 0 unspecified atom stereocenters. The number of hydrogen-bond donors (Lipinski definition) is 0. The van der Waals surface area contributed by atoms with Crippen molar-refractivity contribution >= 4 is 11.8 Å². The van der Waals surface area contributed by atoms with Crippen molar-refractivity contribution in [2.45, 2.75) is 42.1 Å². The van der Waals surface area contributed by atoms with Crippen molar-refractivity contribution in [3.05, 3.63) is 54.0 Å². The van der Waals surface area contributed by atoms with E-state index in [9.17, 15) is 0 Å². The van der Waals surface area contributed by atoms with Crippen LogP contribution >= 0.6 is 11.8 Å². The first-order valence-electron chi connectivity index (χ1n) is 9.21. The summed E-state index contributed by atoms with van der Waals surface area (Å²) in [4.78, 5) is 2.51. The van der Waals surface area contributed by atoms with Crippen LogP contribution in [0.2, 0.25) is 0 Å². The van der Waals surface area contributed by atoms with Gasteiger partial charge in [-0.15, -0.1) is 10.2 Å². The molecule has 1 atom stereocenters. The van der Waals surface area contributed by atoms with Gasteiger partial charge in [-0.2, -0.15) is 0 Å². The highest BCUT2D eigenvalue weighted by molar-refractivity contribution is 7.99. The largest absolute Gasteiger partial charge is 0.497 e. The molecule has 0 radical (unpaired) electrons. The first kappa shape index (κ1) is 18.1. The normalized spacial score (nSPS) is 17.9. The highest BCUT2D eigenvalue weighted by Crippen LogP contribution is 2.34. The Balaban J connectivity index is 1.47. The van der Waals surface area contributed by atoms with Crippen LogP contribution in [0.5, 0.6) is 5.75 Å². The van der Waals surface area contributed by atoms with E-state index in [0.717, 1.165) is 41.3 Å². The van der Waals surface area contributed by atoms with Gasteiger partial charge in [0, 0.05) is 13.1 Å². The Bertz CT molecular complexity index is 892. The van der Waals surface area contributed by atoms with E-state index in [1.165, 1.54) is 30.2 Å². The fourth-order valence-electron chi connectivity index (χ4n) is 3.56. The van der Waals surface area contributed by atoms with E-state index in [4.69, 9.17) is 9.15 Å². The number of aromatic nitrogens is 3. The lowest BCUT2D eigenvalue weighted by Gasteiger charge is -2.35. The van der Waals surface area contributed by atoms with E-state index >= 15 is 0 Å². The quantitative estimate of drug-likeness (QED) is 0.632. The van der Waals surface area contributed by atoms with E-state index in [0.29, 0.717) is 6.04 Å². The van der Waals surface area contributed by atoms with E-state index in [1.54, 1.807) is 13.4 Å². The first-order chi connectivity index (χ1) is 13.2. The lowest BCUT2D eigenvalue weighted by atomic mass is 9.95. The molecule has 27 heavy (non-hydrogen) atoms. The maximum atomic E-state index is 6.06. The van der Waals surface area contributed by atoms with Crippen LogP contribution in [0.15, 0.2) is 57.4 Å². The molecule has 7 heteroatoms. The number of methoxy groups -OCH3 is 1. The van der Waals surface area contributed by atoms with Gasteiger partial charge in [0.05, 0.1) is 13.7 Å². The third kappa shape index (κ3) is 4.20. The van der Waals surface area contributed by atoms with E-state index in [2.05, 4.69) is 39.4 Å². The van der Waals surface area contributed by atoms with E-state index < -0.39 is 0 Å². The first-order valence-corrected chi connectivity index (χ1v) is 10.0. The van der Waals surface area contributed by atoms with Gasteiger partial charge in [0.2, 0.25) is 0 Å². The number of ether oxygens (including phenoxy) is 1. The molecule has 1 saturated heterocycles. The fraction of sp³-hybridized carbons (Fsp3) is 0.400. The molecule has 0 spiro atoms. The topological polar surface area (TPSA) is 56.3 Å². The molecular weight excluding hydrogens is 360 g/mol. The fourth-order valence-corrected chi connectivity index (χ4v) is 4.30. The Morgan fingerprint density at radius 3 is 3.00 bits per heavy atom. The van der Waals surface area contributed by atoms with Gasteiger partial charge in [-0.25, -0.2) is 0 Å². The lowest BCUT2D eigenvalue weighted by Crippen LogP contribution is -2.32. The second kappa shape index (κ2) is 8.19. The monoisotopic (exact) mass is 384 g/mol. The molecule has 0 saturated carbocycles. The molecule has 0 N–H and O–H groups in total. The number of benzene rings is 1. The van der Waals surface area contributed by atoms with Gasteiger partial charge >= 0.3 is 0 Å². The Morgan fingerprint density at radius 2 is 2.19 bits per heavy atom. The summed E-state index contributed by atoms with van der Waals surface area (Å²) in [6.45, 7) is 1.88. The van der Waals surface area contributed by atoms with Crippen molar-refractivity contribution < 1.29 is 9.15 Å². The Kier molecular flexibility index (Phi) is 5.50. The number of likely N-dealkylation sites (tertiary alicyclic amines) is 1. The van der Waals surface area contributed by atoms with Crippen molar-refractivity contribution in [1.82, 2.24) is 19.7 Å². The Morgan fingerprint density at radius 1 is 1.26 bits per heavy atom. The predicted molar refractivity (Wildman–Crippen MR) is 104 cm³/mol. The zero-order chi connectivity index (χ0) is 18.6. The second-order valence-corrected chi connectivity index (χ2v) is 7.78. The molecule has 0 amide bonds. The second-order valence-electron chi connectivity index (χ2n) is 6.81. The summed E-state index contributed by atoms with van der Waals surface area (Å²) in [7, 11) is 3.65. The molecule has 3 aromatic rings. The van der Waals surface area contributed by atoms with Crippen LogP contribution in [-0.4, -0.2) is 33.3 Å². The van der Waals surface area contributed by atoms with Crippen LogP contribution < -0.4 is 4.74 Å². The van der Waals surface area contributed by atoms with Crippen LogP contribution in [0.4, 0.5) is 0 Å². The number of hydrogen-bond acceptors (Lipinski definition) is 6. The summed E-state index contributed by atoms with van der Waals surface area (Å²) in [5.41, 5.74) is 1.31. The summed E-state index contributed by atoms with van der Waals surface area (Å²) in [6.07, 6.45) is 5.33. The maximum absolute atomic E-state index is 6.06. The van der Waals surface area contributed by atoms with Gasteiger partial charge in [-0.05, 0) is 61.0 Å². The van der Waals surface area contributed by atoms with Gasteiger partial charge in [0.15, 0.2) is 10.2 Å². The predicted octanol–water partition coefficient (Wildman–Crippen LogP) is 4.30. The van der Waals surface area contributed by atoms with E-state index in [-0.39, 0.29) is 0 Å². The molecule has 1 fully saturated rings. The summed E-state index contributed by atoms with van der Waals surface area (Å²) < 4.78 is 13.4. The smallest absolute Gasteiger partial charge is 0.198 e. The van der Waals surface area contributed by atoms with Crippen LogP contribution in [0.1, 0.15) is 36.6 Å². The average Bonchev–Trinajstić information content (AvgIpc) is 3.31. The van der Waals surface area contributed by atoms with Gasteiger partial charge in [0.1, 0.15) is 17.8 Å². The van der Waals surface area contributed by atoms with Gasteiger partial charge in [-0.1, -0.05) is 18.6 Å². The molecule has 0 aliphatic carbocycles. The number of piperidine rings is 1. The zero-order valence-electron chi connectivity index (χ0n) is 15.7. The highest BCUT2D eigenvalue weighted by atomic mass is 32.2. The summed E-state index contributed by atoms with van der Waals surface area (Å²) in [5.74, 6) is 1.90. The van der Waals surface area contributed by atoms with Crippen LogP contribution in [-0.2, 0) is 13.6 Å². The molecule has 1 aliphatic rings. The average molecular weight is 385 g/mol. The molecule has 142 valence electrons. The number of nitrogens with zero attached hydrogens (tertiary/aromatic N) is 4. The van der Waals surface area contributed by atoms with Crippen molar-refractivity contribution in [2.75, 3.05) is 13.7 Å². The third-order valence-corrected chi connectivity index (χ3v) is 5.92. The zero-order valence-corrected chi connectivity index (χ0v) is 16.5. The summed E-state index contributed by atoms with van der Waals surface area (Å²) >= 11 is 1.49. The Hall–Kier alpha value is -2.25. The molecule has 0 bridgehead atoms. The van der Waals surface area contributed by atoms with Gasteiger partial charge < -0.3 is 13.7 Å². The van der Waals surface area contributed by atoms with Crippen LogP contribution in [0.3, 0.4) is 0 Å². The molecular formula is C20H24N4O2S. The number of rotatable bonds is 6. The van der Waals surface area contributed by atoms with Crippen molar-refractivity contribution in [1.29, 1.82) is 0 Å². The minimum absolute atomic E-state index is 0.397. The molecule has 1 aliphatic heterocycles. The standard InChI is InChI=1S/C20H24N4O2S/c1-23-14-21-22-20(23)27-19-10-9-17(26-19)13-24-11-4-3-8-18(24)15-6-5-7-16(12-15)25-2/h5-7,9-10,12,14,18H,3-4,8,11,13H2,1-2H3/t18-/m1/s1. The number of aryl methyl sites for hydroxylation is 1. The van der Waals surface area contributed by atoms with Crippen molar-refractivity contribution in [3.8, 4) is 5.75 Å². The SMILES string of the molecule is COc1cccc([C@H]2CCCCN2Cc2ccc(Sc3nncn3C)o2)c1. The number of furan rings is 1. The van der Waals surface area contributed by atoms with Crippen LogP contribution in [0, 0.1) is 0 Å². The molecule has 1 aromatic carbocycles. The molecule has 3 heterocycles. The van der Waals surface area contributed by atoms with E-state index in [1.807, 2.05) is 23.7 Å². The molecule has 6 nitrogen and oxygen atoms in total. The molecule has 2 aromatic heterocycles. The van der Waals surface area contributed by atoms with Gasteiger partial charge in [-0.3, -0.25) is 4.90 Å². The minimum atomic E-state index is 0.397. The lowest BCUT2D eigenvalue weighted by molar-refractivity contribution is 0.128. The molecule has 4 rings (SSSR count). The minimum Gasteiger partial charge on any atom is -0.497 e. The highest BCUT2D eigenvalue weighted by Gasteiger charge is 2.25. The van der Waals surface area contributed by atoms with Gasteiger partial charge in [0.25, 0.3) is 0 Å². The maximum Gasteiger partial charge on any atom is 0.198 e. The third-order valence-electron chi connectivity index (χ3n) is 4.95.